The quantitative estimate of drug-likeness (QED) is 0.831. The van der Waals surface area contributed by atoms with E-state index in [0.29, 0.717) is 12.0 Å². The summed E-state index contributed by atoms with van der Waals surface area (Å²) in [5.41, 5.74) is 6.51. The molecule has 2 atom stereocenters. The second kappa shape index (κ2) is 6.88. The predicted molar refractivity (Wildman–Crippen MR) is 79.3 cm³/mol. The van der Waals surface area contributed by atoms with Gasteiger partial charge in [0.2, 0.25) is 5.91 Å². The number of hydrogen-bond donors (Lipinski definition) is 2. The molecule has 2 rings (SSSR count). The van der Waals surface area contributed by atoms with Gasteiger partial charge in [-0.2, -0.15) is 5.10 Å². The van der Waals surface area contributed by atoms with Crippen LogP contribution in [-0.2, 0) is 11.2 Å². The first-order valence-electron chi connectivity index (χ1n) is 7.70. The third kappa shape index (κ3) is 3.60. The fourth-order valence-corrected chi connectivity index (χ4v) is 3.05. The molecule has 1 aromatic heterocycles. The molecule has 0 aliphatic carbocycles. The highest BCUT2D eigenvalue weighted by Crippen LogP contribution is 2.21. The Hall–Kier alpha value is -1.36. The molecule has 1 amide bonds. The number of hydrogen-bond acceptors (Lipinski definition) is 3. The van der Waals surface area contributed by atoms with Crippen LogP contribution in [0.4, 0.5) is 0 Å². The van der Waals surface area contributed by atoms with Crippen LogP contribution in [0.3, 0.4) is 0 Å². The molecule has 2 unspecified atom stereocenters. The van der Waals surface area contributed by atoms with E-state index in [2.05, 4.69) is 36.1 Å². The molecule has 20 heavy (non-hydrogen) atoms. The maximum atomic E-state index is 11.3. The summed E-state index contributed by atoms with van der Waals surface area (Å²) >= 11 is 0. The van der Waals surface area contributed by atoms with E-state index in [9.17, 15) is 4.79 Å². The Bertz CT molecular complexity index is 439. The topological polar surface area (TPSA) is 72.9 Å². The van der Waals surface area contributed by atoms with Gasteiger partial charge in [0.25, 0.3) is 0 Å². The van der Waals surface area contributed by atoms with Crippen LogP contribution in [0.2, 0.25) is 0 Å². The van der Waals surface area contributed by atoms with Gasteiger partial charge in [0.05, 0.1) is 17.8 Å². The molecule has 5 heteroatoms. The maximum absolute atomic E-state index is 11.3. The first-order valence-corrected chi connectivity index (χ1v) is 7.70. The molecule has 3 N–H and O–H groups in total. The minimum absolute atomic E-state index is 0.171. The van der Waals surface area contributed by atoms with Crippen LogP contribution >= 0.6 is 0 Å². The van der Waals surface area contributed by atoms with E-state index in [4.69, 9.17) is 10.8 Å². The number of nitrogens with two attached hydrogens (primary N) is 1. The average Bonchev–Trinajstić information content (AvgIpc) is 2.89. The van der Waals surface area contributed by atoms with Gasteiger partial charge in [0.1, 0.15) is 0 Å². The molecule has 1 fully saturated rings. The molecule has 0 saturated carbocycles. The Balaban J connectivity index is 1.94. The summed E-state index contributed by atoms with van der Waals surface area (Å²) in [6.07, 6.45) is 7.15. The SMILES string of the molecule is CCC(CC)n1ccc(CC2CCNC(C(N)=O)C2)n1. The van der Waals surface area contributed by atoms with E-state index >= 15 is 0 Å². The van der Waals surface area contributed by atoms with Crippen molar-refractivity contribution < 1.29 is 4.79 Å². The number of amides is 1. The molecule has 1 aliphatic heterocycles. The predicted octanol–water partition coefficient (Wildman–Crippen LogP) is 1.64. The highest BCUT2D eigenvalue weighted by Gasteiger charge is 2.25. The van der Waals surface area contributed by atoms with Gasteiger partial charge in [-0.3, -0.25) is 9.48 Å². The van der Waals surface area contributed by atoms with Crippen molar-refractivity contribution in [3.05, 3.63) is 18.0 Å². The van der Waals surface area contributed by atoms with Gasteiger partial charge in [0, 0.05) is 6.20 Å². The molecular weight excluding hydrogens is 252 g/mol. The summed E-state index contributed by atoms with van der Waals surface area (Å²) in [4.78, 5) is 11.3. The van der Waals surface area contributed by atoms with Crippen LogP contribution in [-0.4, -0.2) is 28.3 Å². The number of piperidine rings is 1. The Morgan fingerprint density at radius 2 is 2.30 bits per heavy atom. The molecule has 0 aromatic carbocycles. The first kappa shape index (κ1) is 15.0. The van der Waals surface area contributed by atoms with Gasteiger partial charge in [-0.15, -0.1) is 0 Å². The van der Waals surface area contributed by atoms with Gasteiger partial charge in [-0.05, 0) is 50.6 Å². The molecule has 5 nitrogen and oxygen atoms in total. The van der Waals surface area contributed by atoms with Crippen LogP contribution in [0.25, 0.3) is 0 Å². The summed E-state index contributed by atoms with van der Waals surface area (Å²) in [6, 6.07) is 2.43. The van der Waals surface area contributed by atoms with E-state index < -0.39 is 0 Å². The third-order valence-corrected chi connectivity index (χ3v) is 4.33. The number of rotatable bonds is 6. The van der Waals surface area contributed by atoms with Crippen molar-refractivity contribution in [3.8, 4) is 0 Å². The first-order chi connectivity index (χ1) is 9.63. The van der Waals surface area contributed by atoms with Crippen LogP contribution in [0, 0.1) is 5.92 Å². The van der Waals surface area contributed by atoms with Crippen molar-refractivity contribution in [2.45, 2.75) is 58.0 Å². The third-order valence-electron chi connectivity index (χ3n) is 4.33. The number of carbonyl (C=O) groups excluding carboxylic acids is 1. The second-order valence-corrected chi connectivity index (χ2v) is 5.76. The van der Waals surface area contributed by atoms with Gasteiger partial charge in [0.15, 0.2) is 0 Å². The fourth-order valence-electron chi connectivity index (χ4n) is 3.05. The van der Waals surface area contributed by atoms with Crippen molar-refractivity contribution in [1.82, 2.24) is 15.1 Å². The smallest absolute Gasteiger partial charge is 0.234 e. The minimum atomic E-state index is -0.239. The molecule has 112 valence electrons. The Labute approximate surface area is 120 Å². The van der Waals surface area contributed by atoms with Crippen molar-refractivity contribution in [2.24, 2.45) is 11.7 Å². The van der Waals surface area contributed by atoms with Crippen LogP contribution in [0.15, 0.2) is 12.3 Å². The zero-order chi connectivity index (χ0) is 14.5. The van der Waals surface area contributed by atoms with E-state index in [0.717, 1.165) is 44.3 Å². The number of carbonyl (C=O) groups is 1. The van der Waals surface area contributed by atoms with E-state index in [1.54, 1.807) is 0 Å². The number of nitrogens with zero attached hydrogens (tertiary/aromatic N) is 2. The number of nitrogens with one attached hydrogen (secondary N) is 1. The minimum Gasteiger partial charge on any atom is -0.368 e. The molecule has 0 spiro atoms. The standard InChI is InChI=1S/C15H26N4O/c1-3-13(4-2)19-8-6-12(18-19)9-11-5-7-17-14(10-11)15(16)20/h6,8,11,13-14,17H,3-5,7,9-10H2,1-2H3,(H2,16,20). The highest BCUT2D eigenvalue weighted by atomic mass is 16.1. The van der Waals surface area contributed by atoms with E-state index in [1.807, 2.05) is 0 Å². The molecule has 0 radical (unpaired) electrons. The number of aromatic nitrogens is 2. The lowest BCUT2D eigenvalue weighted by Gasteiger charge is -2.27. The monoisotopic (exact) mass is 278 g/mol. The van der Waals surface area contributed by atoms with Crippen molar-refractivity contribution in [3.63, 3.8) is 0 Å². The summed E-state index contributed by atoms with van der Waals surface area (Å²) in [5.74, 6) is 0.260. The van der Waals surface area contributed by atoms with E-state index in [1.165, 1.54) is 0 Å². The molecule has 1 aliphatic rings. The normalized spacial score (nSPS) is 23.1. The molecule has 2 heterocycles. The van der Waals surface area contributed by atoms with E-state index in [-0.39, 0.29) is 11.9 Å². The number of primary amides is 1. The maximum Gasteiger partial charge on any atom is 0.234 e. The van der Waals surface area contributed by atoms with Crippen LogP contribution < -0.4 is 11.1 Å². The van der Waals surface area contributed by atoms with Gasteiger partial charge in [-0.25, -0.2) is 0 Å². The summed E-state index contributed by atoms with van der Waals surface area (Å²) in [7, 11) is 0. The Morgan fingerprint density at radius 3 is 2.95 bits per heavy atom. The Kier molecular flexibility index (Phi) is 5.17. The zero-order valence-electron chi connectivity index (χ0n) is 12.5. The summed E-state index contributed by atoms with van der Waals surface area (Å²) in [5, 5.41) is 7.87. The van der Waals surface area contributed by atoms with Crippen molar-refractivity contribution in [1.29, 1.82) is 0 Å². The fraction of sp³-hybridized carbons (Fsp3) is 0.733. The zero-order valence-corrected chi connectivity index (χ0v) is 12.5. The second-order valence-electron chi connectivity index (χ2n) is 5.76. The van der Waals surface area contributed by atoms with Gasteiger partial charge >= 0.3 is 0 Å². The Morgan fingerprint density at radius 1 is 1.55 bits per heavy atom. The van der Waals surface area contributed by atoms with Crippen LogP contribution in [0.5, 0.6) is 0 Å². The summed E-state index contributed by atoms with van der Waals surface area (Å²) < 4.78 is 2.09. The van der Waals surface area contributed by atoms with Crippen LogP contribution in [0.1, 0.15) is 51.3 Å². The van der Waals surface area contributed by atoms with Gasteiger partial charge < -0.3 is 11.1 Å². The lowest BCUT2D eigenvalue weighted by Crippen LogP contribution is -2.47. The van der Waals surface area contributed by atoms with Crippen molar-refractivity contribution >= 4 is 5.91 Å². The van der Waals surface area contributed by atoms with Gasteiger partial charge in [-0.1, -0.05) is 13.8 Å². The average molecular weight is 278 g/mol. The van der Waals surface area contributed by atoms with Crippen molar-refractivity contribution in [2.75, 3.05) is 6.54 Å². The largest absolute Gasteiger partial charge is 0.368 e. The molecule has 0 bridgehead atoms. The molecule has 1 aromatic rings. The lowest BCUT2D eigenvalue weighted by atomic mass is 9.88. The lowest BCUT2D eigenvalue weighted by molar-refractivity contribution is -0.120. The molecule has 1 saturated heterocycles. The summed E-state index contributed by atoms with van der Waals surface area (Å²) in [6.45, 7) is 5.26. The highest BCUT2D eigenvalue weighted by molar-refractivity contribution is 5.79. The molecular formula is C15H26N4O.